The Hall–Kier alpha value is -4.26. The van der Waals surface area contributed by atoms with Gasteiger partial charge in [0.2, 0.25) is 0 Å². The Morgan fingerprint density at radius 1 is 1.03 bits per heavy atom. The van der Waals surface area contributed by atoms with Gasteiger partial charge in [-0.05, 0) is 42.0 Å². The van der Waals surface area contributed by atoms with Crippen LogP contribution in [0.4, 0.5) is 0 Å². The minimum absolute atomic E-state index is 0.173. The summed E-state index contributed by atoms with van der Waals surface area (Å²) in [4.78, 5) is 29.2. The summed E-state index contributed by atoms with van der Waals surface area (Å²) in [5, 5.41) is 8.85. The Bertz CT molecular complexity index is 1470. The Labute approximate surface area is 176 Å². The summed E-state index contributed by atoms with van der Waals surface area (Å²) in [5.41, 5.74) is 3.42. The normalized spacial score (nSPS) is 11.1. The van der Waals surface area contributed by atoms with Gasteiger partial charge in [-0.25, -0.2) is 4.98 Å². The molecule has 0 spiro atoms. The summed E-state index contributed by atoms with van der Waals surface area (Å²) in [6.07, 6.45) is 2.13. The van der Waals surface area contributed by atoms with E-state index in [4.69, 9.17) is 4.74 Å². The molecule has 0 saturated carbocycles. The number of nitrogens with one attached hydrogen (secondary N) is 1. The highest BCUT2D eigenvalue weighted by Crippen LogP contribution is 2.25. The number of benzene rings is 2. The van der Waals surface area contributed by atoms with Crippen LogP contribution in [0, 0.1) is 0 Å². The van der Waals surface area contributed by atoms with Crippen molar-refractivity contribution in [2.45, 2.75) is 13.3 Å². The van der Waals surface area contributed by atoms with Crippen LogP contribution in [0.15, 0.2) is 77.7 Å². The van der Waals surface area contributed by atoms with E-state index in [0.29, 0.717) is 34.4 Å². The number of carbonyl (C=O) groups is 1. The molecule has 0 atom stereocenters. The van der Waals surface area contributed by atoms with Gasteiger partial charge in [-0.1, -0.05) is 30.3 Å². The number of ether oxygens (including phenoxy) is 1. The molecule has 3 heterocycles. The number of rotatable bonds is 4. The van der Waals surface area contributed by atoms with Crippen LogP contribution >= 0.6 is 0 Å². The number of fused-ring (bicyclic) bond motifs is 3. The molecule has 3 aromatic heterocycles. The molecule has 0 aliphatic heterocycles. The van der Waals surface area contributed by atoms with E-state index in [1.807, 2.05) is 54.6 Å². The SMILES string of the molecule is CC(=O)Oc1ccc(Cc2n[nH]c3c2c(=O)n(-c2ccccc2)c2ncccc32)cc1. The minimum Gasteiger partial charge on any atom is -0.427 e. The maximum Gasteiger partial charge on any atom is 0.308 e. The average Bonchev–Trinajstić information content (AvgIpc) is 3.20. The van der Waals surface area contributed by atoms with E-state index in [1.165, 1.54) is 6.92 Å². The molecule has 7 heteroatoms. The van der Waals surface area contributed by atoms with Gasteiger partial charge >= 0.3 is 5.97 Å². The number of aromatic nitrogens is 4. The molecule has 1 N–H and O–H groups in total. The number of para-hydroxylation sites is 1. The molecular formula is C24H18N4O3. The number of carbonyl (C=O) groups excluding carboxylic acids is 1. The Balaban J connectivity index is 1.67. The van der Waals surface area contributed by atoms with Crippen molar-refractivity contribution < 1.29 is 9.53 Å². The fourth-order valence-electron chi connectivity index (χ4n) is 3.76. The fraction of sp³-hybridized carbons (Fsp3) is 0.0833. The summed E-state index contributed by atoms with van der Waals surface area (Å²) in [6.45, 7) is 1.36. The van der Waals surface area contributed by atoms with Crippen molar-refractivity contribution >= 4 is 27.9 Å². The van der Waals surface area contributed by atoms with Crippen molar-refractivity contribution in [3.05, 3.63) is 94.5 Å². The largest absolute Gasteiger partial charge is 0.427 e. The zero-order valence-corrected chi connectivity index (χ0v) is 16.7. The van der Waals surface area contributed by atoms with E-state index in [1.54, 1.807) is 22.9 Å². The highest BCUT2D eigenvalue weighted by molar-refractivity contribution is 6.03. The molecular weight excluding hydrogens is 392 g/mol. The second-order valence-electron chi connectivity index (χ2n) is 7.19. The Morgan fingerprint density at radius 3 is 2.55 bits per heavy atom. The second kappa shape index (κ2) is 7.53. The smallest absolute Gasteiger partial charge is 0.308 e. The van der Waals surface area contributed by atoms with Crippen LogP contribution in [0.25, 0.3) is 27.6 Å². The molecule has 0 aliphatic carbocycles. The standard InChI is InChI=1S/C24H18N4O3/c1-15(29)31-18-11-9-16(10-12-18)14-20-21-22(27-26-20)19-8-5-13-25-23(19)28(24(21)30)17-6-3-2-4-7-17/h2-13H,14H2,1H3,(H,26,27). The zero-order valence-electron chi connectivity index (χ0n) is 16.7. The zero-order chi connectivity index (χ0) is 21.4. The Morgan fingerprint density at radius 2 is 1.81 bits per heavy atom. The summed E-state index contributed by atoms with van der Waals surface area (Å²) >= 11 is 0. The van der Waals surface area contributed by atoms with Gasteiger partial charge in [-0.15, -0.1) is 0 Å². The summed E-state index contributed by atoms with van der Waals surface area (Å²) in [6, 6.07) is 20.4. The lowest BCUT2D eigenvalue weighted by Crippen LogP contribution is -2.20. The number of aromatic amines is 1. The fourth-order valence-corrected chi connectivity index (χ4v) is 3.76. The molecule has 7 nitrogen and oxygen atoms in total. The van der Waals surface area contributed by atoms with E-state index in [2.05, 4.69) is 15.2 Å². The van der Waals surface area contributed by atoms with Gasteiger partial charge < -0.3 is 4.74 Å². The molecule has 0 saturated heterocycles. The number of hydrogen-bond donors (Lipinski definition) is 1. The summed E-state index contributed by atoms with van der Waals surface area (Å²) in [5.74, 6) is 0.111. The number of nitrogens with zero attached hydrogens (tertiary/aromatic N) is 3. The number of pyridine rings is 2. The first-order valence-electron chi connectivity index (χ1n) is 9.81. The quantitative estimate of drug-likeness (QED) is 0.360. The van der Waals surface area contributed by atoms with Crippen molar-refractivity contribution in [3.8, 4) is 11.4 Å². The number of hydrogen-bond acceptors (Lipinski definition) is 5. The van der Waals surface area contributed by atoms with E-state index >= 15 is 0 Å². The summed E-state index contributed by atoms with van der Waals surface area (Å²) < 4.78 is 6.71. The van der Waals surface area contributed by atoms with E-state index in [0.717, 1.165) is 16.6 Å². The van der Waals surface area contributed by atoms with Crippen LogP contribution in [0.2, 0.25) is 0 Å². The van der Waals surface area contributed by atoms with Gasteiger partial charge in [0.25, 0.3) is 5.56 Å². The van der Waals surface area contributed by atoms with E-state index < -0.39 is 0 Å². The third kappa shape index (κ3) is 3.36. The topological polar surface area (TPSA) is 89.9 Å². The monoisotopic (exact) mass is 410 g/mol. The second-order valence-corrected chi connectivity index (χ2v) is 7.19. The number of H-pyrrole nitrogens is 1. The molecule has 0 fully saturated rings. The predicted octanol–water partition coefficient (Wildman–Crippen LogP) is 3.78. The van der Waals surface area contributed by atoms with Crippen LogP contribution in [0.5, 0.6) is 5.75 Å². The van der Waals surface area contributed by atoms with Gasteiger partial charge in [-0.2, -0.15) is 5.10 Å². The van der Waals surface area contributed by atoms with Crippen molar-refractivity contribution in [3.63, 3.8) is 0 Å². The van der Waals surface area contributed by atoms with E-state index in [-0.39, 0.29) is 11.5 Å². The van der Waals surface area contributed by atoms with E-state index in [9.17, 15) is 9.59 Å². The molecule has 0 unspecified atom stereocenters. The first-order valence-corrected chi connectivity index (χ1v) is 9.81. The first-order chi connectivity index (χ1) is 15.1. The van der Waals surface area contributed by atoms with Gasteiger partial charge in [0.05, 0.1) is 22.3 Å². The molecule has 0 amide bonds. The van der Waals surface area contributed by atoms with Crippen molar-refractivity contribution in [1.29, 1.82) is 0 Å². The Kier molecular flexibility index (Phi) is 4.55. The van der Waals surface area contributed by atoms with Crippen LogP contribution in [-0.2, 0) is 11.2 Å². The lowest BCUT2D eigenvalue weighted by Gasteiger charge is -2.10. The van der Waals surface area contributed by atoms with Crippen molar-refractivity contribution in [1.82, 2.24) is 19.7 Å². The van der Waals surface area contributed by atoms with Crippen molar-refractivity contribution in [2.24, 2.45) is 0 Å². The molecule has 5 rings (SSSR count). The average molecular weight is 410 g/mol. The minimum atomic E-state index is -0.368. The summed E-state index contributed by atoms with van der Waals surface area (Å²) in [7, 11) is 0. The predicted molar refractivity (Wildman–Crippen MR) is 118 cm³/mol. The highest BCUT2D eigenvalue weighted by atomic mass is 16.5. The molecule has 152 valence electrons. The molecule has 0 radical (unpaired) electrons. The van der Waals surface area contributed by atoms with Crippen molar-refractivity contribution in [2.75, 3.05) is 0 Å². The van der Waals surface area contributed by atoms with Crippen LogP contribution in [0.3, 0.4) is 0 Å². The maximum absolute atomic E-state index is 13.6. The molecule has 31 heavy (non-hydrogen) atoms. The molecule has 5 aromatic rings. The van der Waals surface area contributed by atoms with Gasteiger partial charge in [0, 0.05) is 24.9 Å². The lowest BCUT2D eigenvalue weighted by molar-refractivity contribution is -0.131. The highest BCUT2D eigenvalue weighted by Gasteiger charge is 2.18. The van der Waals surface area contributed by atoms with Gasteiger partial charge in [0.1, 0.15) is 11.4 Å². The maximum atomic E-state index is 13.6. The van der Waals surface area contributed by atoms with Crippen LogP contribution in [0.1, 0.15) is 18.2 Å². The molecule has 0 aliphatic rings. The van der Waals surface area contributed by atoms with Gasteiger partial charge in [-0.3, -0.25) is 19.3 Å². The molecule has 2 aromatic carbocycles. The third-order valence-corrected chi connectivity index (χ3v) is 5.10. The van der Waals surface area contributed by atoms with Crippen LogP contribution in [-0.4, -0.2) is 25.7 Å². The third-order valence-electron chi connectivity index (χ3n) is 5.10. The molecule has 0 bridgehead atoms. The van der Waals surface area contributed by atoms with Crippen LogP contribution < -0.4 is 10.3 Å². The van der Waals surface area contributed by atoms with Gasteiger partial charge in [0.15, 0.2) is 0 Å². The lowest BCUT2D eigenvalue weighted by atomic mass is 10.1. The first kappa shape index (κ1) is 18.7. The number of esters is 1.